The molecule has 0 radical (unpaired) electrons. The lowest BCUT2D eigenvalue weighted by molar-refractivity contribution is -0.642. The van der Waals surface area contributed by atoms with Gasteiger partial charge in [0.25, 0.3) is 5.01 Å². The van der Waals surface area contributed by atoms with Gasteiger partial charge in [0.2, 0.25) is 5.52 Å². The van der Waals surface area contributed by atoms with Crippen molar-refractivity contribution in [3.63, 3.8) is 0 Å². The van der Waals surface area contributed by atoms with Crippen molar-refractivity contribution in [1.29, 1.82) is 0 Å². The fourth-order valence-electron chi connectivity index (χ4n) is 3.44. The summed E-state index contributed by atoms with van der Waals surface area (Å²) in [6.07, 6.45) is 3.44. The minimum absolute atomic E-state index is 0.181. The van der Waals surface area contributed by atoms with E-state index in [1.807, 2.05) is 72.1 Å². The van der Waals surface area contributed by atoms with Crippen LogP contribution in [-0.2, 0) is 11.8 Å². The van der Waals surface area contributed by atoms with Crippen molar-refractivity contribution in [3.8, 4) is 0 Å². The second-order valence-electron chi connectivity index (χ2n) is 6.71. The van der Waals surface area contributed by atoms with Crippen LogP contribution < -0.4 is 14.6 Å². The number of carbonyl (C=O) groups excluding carboxylic acids is 1. The topological polar surface area (TPSA) is 47.2 Å². The van der Waals surface area contributed by atoms with Crippen molar-refractivity contribution in [2.45, 2.75) is 4.90 Å². The van der Waals surface area contributed by atoms with E-state index in [4.69, 9.17) is 0 Å². The highest BCUT2D eigenvalue weighted by Gasteiger charge is 2.30. The second-order valence-corrected chi connectivity index (χ2v) is 8.83. The van der Waals surface area contributed by atoms with Crippen LogP contribution >= 0.6 is 23.1 Å². The van der Waals surface area contributed by atoms with Crippen LogP contribution in [0.1, 0.15) is 5.01 Å². The lowest BCUT2D eigenvalue weighted by atomic mass is 9.88. The van der Waals surface area contributed by atoms with Gasteiger partial charge in [-0.25, -0.2) is 0 Å². The van der Waals surface area contributed by atoms with Crippen molar-refractivity contribution in [3.05, 3.63) is 81.5 Å². The smallest absolute Gasteiger partial charge is 0.263 e. The number of thioether (sulfide) groups is 1. The molecule has 138 valence electrons. The minimum Gasteiger partial charge on any atom is -0.871 e. The van der Waals surface area contributed by atoms with Gasteiger partial charge in [-0.1, -0.05) is 53.1 Å². The summed E-state index contributed by atoms with van der Waals surface area (Å²) >= 11 is 3.15. The largest absolute Gasteiger partial charge is 0.871 e. The Labute approximate surface area is 170 Å². The van der Waals surface area contributed by atoms with Gasteiger partial charge in [-0.05, 0) is 24.3 Å². The quantitative estimate of drug-likeness (QED) is 0.485. The fraction of sp³-hybridized carbons (Fsp3) is 0.0909. The van der Waals surface area contributed by atoms with Gasteiger partial charge in [0.15, 0.2) is 5.78 Å². The van der Waals surface area contributed by atoms with Crippen molar-refractivity contribution in [2.24, 2.45) is 7.05 Å². The minimum atomic E-state index is -0.181. The molecule has 3 aromatic rings. The number of para-hydroxylation sites is 2. The van der Waals surface area contributed by atoms with Gasteiger partial charge in [0, 0.05) is 35.2 Å². The van der Waals surface area contributed by atoms with Crippen molar-refractivity contribution in [2.75, 3.05) is 11.9 Å². The Balaban J connectivity index is 1.50. The molecule has 4 nitrogen and oxygen atoms in total. The zero-order chi connectivity index (χ0) is 19.4. The first-order chi connectivity index (χ1) is 13.5. The fourth-order valence-corrected chi connectivity index (χ4v) is 5.62. The number of fused-ring (bicyclic) bond motifs is 2. The number of rotatable bonds is 2. The Kier molecular flexibility index (Phi) is 3.92. The number of nitrogens with zero attached hydrogens (tertiary/aromatic N) is 2. The molecule has 2 aromatic carbocycles. The van der Waals surface area contributed by atoms with E-state index in [9.17, 15) is 9.90 Å². The molecule has 0 spiro atoms. The molecule has 1 aromatic heterocycles. The number of allylic oxidation sites excluding steroid dienone is 3. The van der Waals surface area contributed by atoms with Gasteiger partial charge in [0.05, 0.1) is 10.7 Å². The van der Waals surface area contributed by atoms with E-state index in [1.165, 1.54) is 0 Å². The van der Waals surface area contributed by atoms with E-state index in [-0.39, 0.29) is 22.7 Å². The van der Waals surface area contributed by atoms with Crippen LogP contribution in [-0.4, -0.2) is 12.8 Å². The molecule has 6 heteroatoms. The summed E-state index contributed by atoms with van der Waals surface area (Å²) in [4.78, 5) is 15.8. The summed E-state index contributed by atoms with van der Waals surface area (Å²) in [7, 11) is 3.90. The van der Waals surface area contributed by atoms with Gasteiger partial charge in [-0.15, -0.1) is 0 Å². The summed E-state index contributed by atoms with van der Waals surface area (Å²) in [5.41, 5.74) is 2.70. The molecule has 0 saturated heterocycles. The van der Waals surface area contributed by atoms with Crippen molar-refractivity contribution < 1.29 is 14.5 Å². The highest BCUT2D eigenvalue weighted by atomic mass is 32.2. The number of hydrogen-bond donors (Lipinski definition) is 0. The Hall–Kier alpha value is -2.83. The van der Waals surface area contributed by atoms with Crippen LogP contribution in [0.25, 0.3) is 16.3 Å². The van der Waals surface area contributed by atoms with Gasteiger partial charge >= 0.3 is 0 Å². The predicted molar refractivity (Wildman–Crippen MR) is 112 cm³/mol. The molecule has 0 atom stereocenters. The van der Waals surface area contributed by atoms with E-state index in [1.54, 1.807) is 35.3 Å². The van der Waals surface area contributed by atoms with Crippen LogP contribution in [0.5, 0.6) is 0 Å². The van der Waals surface area contributed by atoms with Gasteiger partial charge in [-0.3, -0.25) is 4.79 Å². The maximum Gasteiger partial charge on any atom is 0.263 e. The molecule has 0 bridgehead atoms. The van der Waals surface area contributed by atoms with Crippen LogP contribution in [0.15, 0.2) is 81.4 Å². The number of hydrogen-bond acceptors (Lipinski definition) is 5. The molecule has 2 aliphatic rings. The van der Waals surface area contributed by atoms with Crippen LogP contribution in [0.3, 0.4) is 0 Å². The lowest BCUT2D eigenvalue weighted by Gasteiger charge is -2.28. The summed E-state index contributed by atoms with van der Waals surface area (Å²) in [6.45, 7) is 0. The highest BCUT2D eigenvalue weighted by molar-refractivity contribution is 8.03. The number of thiazole rings is 1. The average Bonchev–Trinajstić information content (AvgIpc) is 3.21. The van der Waals surface area contributed by atoms with Crippen molar-refractivity contribution in [1.82, 2.24) is 0 Å². The summed E-state index contributed by atoms with van der Waals surface area (Å²) in [5, 5.41) is 14.5. The summed E-state index contributed by atoms with van der Waals surface area (Å²) < 4.78 is 3.14. The molecule has 0 amide bonds. The first kappa shape index (κ1) is 17.3. The van der Waals surface area contributed by atoms with Gasteiger partial charge < -0.3 is 10.0 Å². The average molecular weight is 405 g/mol. The number of aryl methyl sites for hydroxylation is 1. The van der Waals surface area contributed by atoms with E-state index in [0.29, 0.717) is 0 Å². The zero-order valence-electron chi connectivity index (χ0n) is 15.3. The normalized spacial score (nSPS) is 19.1. The van der Waals surface area contributed by atoms with Gasteiger partial charge in [0.1, 0.15) is 11.7 Å². The Morgan fingerprint density at radius 2 is 1.82 bits per heavy atom. The number of benzene rings is 2. The van der Waals surface area contributed by atoms with Crippen molar-refractivity contribution >= 4 is 50.9 Å². The molecular weight excluding hydrogens is 388 g/mol. The molecule has 2 heterocycles. The van der Waals surface area contributed by atoms with E-state index in [0.717, 1.165) is 30.8 Å². The molecule has 0 N–H and O–H groups in total. The number of ketones is 1. The molecule has 28 heavy (non-hydrogen) atoms. The second kappa shape index (κ2) is 6.36. The number of Topliss-reactive ketones (excluding diaryl/α,β-unsaturated/α-hetero) is 1. The van der Waals surface area contributed by atoms with Crippen LogP contribution in [0, 0.1) is 0 Å². The SMILES string of the molecule is CN1/C(=C/C2=C([O-])C(=C\c3sc4ccccc4[n+]3C)/C2=O)Sc2ccccc21. The third-order valence-electron chi connectivity index (χ3n) is 5.06. The Morgan fingerprint density at radius 3 is 2.57 bits per heavy atom. The first-order valence-electron chi connectivity index (χ1n) is 8.82. The molecule has 1 aliphatic heterocycles. The predicted octanol–water partition coefficient (Wildman–Crippen LogP) is 3.39. The monoisotopic (exact) mass is 404 g/mol. The maximum absolute atomic E-state index is 12.7. The third kappa shape index (κ3) is 2.52. The third-order valence-corrected chi connectivity index (χ3v) is 7.39. The first-order valence-corrected chi connectivity index (χ1v) is 10.5. The van der Waals surface area contributed by atoms with Crippen LogP contribution in [0.4, 0.5) is 5.69 Å². The van der Waals surface area contributed by atoms with Crippen LogP contribution in [0.2, 0.25) is 0 Å². The molecule has 0 fully saturated rings. The molecule has 1 aliphatic carbocycles. The standard InChI is InChI=1S/C22H16N2O2S2/c1-23-15-7-3-5-9-17(15)27-19(23)11-13-21(25)14(22(13)26)12-20-24(2)16-8-4-6-10-18(16)28-20/h3-12H,1-2H3. The van der Waals surface area contributed by atoms with E-state index >= 15 is 0 Å². The molecule has 0 unspecified atom stereocenters. The summed E-state index contributed by atoms with van der Waals surface area (Å²) in [5.74, 6) is -0.361. The highest BCUT2D eigenvalue weighted by Crippen LogP contribution is 2.46. The van der Waals surface area contributed by atoms with E-state index < -0.39 is 0 Å². The molecule has 0 saturated carbocycles. The Bertz CT molecular complexity index is 1250. The number of carbonyl (C=O) groups is 1. The lowest BCUT2D eigenvalue weighted by Crippen LogP contribution is -2.32. The number of anilines is 1. The maximum atomic E-state index is 12.7. The zero-order valence-corrected chi connectivity index (χ0v) is 16.9. The number of aromatic nitrogens is 1. The Morgan fingerprint density at radius 1 is 1.07 bits per heavy atom. The summed E-state index contributed by atoms with van der Waals surface area (Å²) in [6, 6.07) is 16.1. The molecule has 5 rings (SSSR count). The van der Waals surface area contributed by atoms with Gasteiger partial charge in [-0.2, -0.15) is 4.57 Å². The molecular formula is C22H16N2O2S2. The van der Waals surface area contributed by atoms with E-state index in [2.05, 4.69) is 0 Å².